The number of allylic oxidation sites excluding steroid dienone is 1. The number of nitrogens with one attached hydrogen (secondary N) is 1. The largest absolute Gasteiger partial charge is 0.508 e. The number of phenolic OH excluding ortho intramolecular Hbond substituents is 1. The molecule has 108 valence electrons. The molecule has 0 spiro atoms. The number of aromatic hydroxyl groups is 1. The van der Waals surface area contributed by atoms with E-state index in [2.05, 4.69) is 15.3 Å². The number of hydrogen-bond donors (Lipinski definition) is 2. The minimum Gasteiger partial charge on any atom is -0.508 e. The van der Waals surface area contributed by atoms with Crippen LogP contribution in [0, 0.1) is 0 Å². The fourth-order valence-corrected chi connectivity index (χ4v) is 1.81. The van der Waals surface area contributed by atoms with Crippen LogP contribution in [0.1, 0.15) is 26.5 Å². The van der Waals surface area contributed by atoms with Gasteiger partial charge < -0.3 is 10.4 Å². The van der Waals surface area contributed by atoms with E-state index in [1.807, 2.05) is 19.9 Å². The number of carbonyl (C=O) groups is 1. The maximum atomic E-state index is 11.2. The van der Waals surface area contributed by atoms with Gasteiger partial charge in [0.05, 0.1) is 11.9 Å². The lowest BCUT2D eigenvalue weighted by Crippen LogP contribution is -2.10. The van der Waals surface area contributed by atoms with Gasteiger partial charge in [0.15, 0.2) is 5.82 Å². The summed E-state index contributed by atoms with van der Waals surface area (Å²) in [7, 11) is 0. The lowest BCUT2D eigenvalue weighted by Gasteiger charge is -2.08. The summed E-state index contributed by atoms with van der Waals surface area (Å²) >= 11 is 0. The van der Waals surface area contributed by atoms with Crippen LogP contribution in [0.4, 0.5) is 5.82 Å². The molecule has 0 saturated carbocycles. The van der Waals surface area contributed by atoms with Gasteiger partial charge in [-0.25, -0.2) is 9.97 Å². The minimum absolute atomic E-state index is 0.190. The summed E-state index contributed by atoms with van der Waals surface area (Å²) in [6, 6.07) is 6.73. The first-order valence-corrected chi connectivity index (χ1v) is 6.54. The van der Waals surface area contributed by atoms with Crippen LogP contribution in [0.25, 0.3) is 17.3 Å². The molecule has 0 aliphatic heterocycles. The predicted molar refractivity (Wildman–Crippen MR) is 82.8 cm³/mol. The molecule has 5 heteroatoms. The van der Waals surface area contributed by atoms with Crippen molar-refractivity contribution in [3.05, 3.63) is 41.7 Å². The van der Waals surface area contributed by atoms with Crippen molar-refractivity contribution in [3.63, 3.8) is 0 Å². The fourth-order valence-electron chi connectivity index (χ4n) is 1.81. The van der Waals surface area contributed by atoms with Crippen LogP contribution >= 0.6 is 0 Å². The van der Waals surface area contributed by atoms with Gasteiger partial charge in [0, 0.05) is 12.5 Å². The van der Waals surface area contributed by atoms with Crippen LogP contribution in [-0.2, 0) is 4.79 Å². The van der Waals surface area contributed by atoms with Crippen molar-refractivity contribution in [1.29, 1.82) is 0 Å². The van der Waals surface area contributed by atoms with Crippen LogP contribution in [0.15, 0.2) is 36.0 Å². The second-order valence-corrected chi connectivity index (χ2v) is 4.94. The van der Waals surface area contributed by atoms with Crippen LogP contribution in [0.5, 0.6) is 5.75 Å². The van der Waals surface area contributed by atoms with E-state index in [0.717, 1.165) is 11.1 Å². The third kappa shape index (κ3) is 3.89. The van der Waals surface area contributed by atoms with E-state index in [9.17, 15) is 9.90 Å². The smallest absolute Gasteiger partial charge is 0.222 e. The average Bonchev–Trinajstić information content (AvgIpc) is 2.40. The van der Waals surface area contributed by atoms with Crippen molar-refractivity contribution in [1.82, 2.24) is 9.97 Å². The standard InChI is InChI=1S/C16H17N3O2/c1-10(2)8-14-16(18-11(3)20)17-9-15(19-14)12-4-6-13(21)7-5-12/h4-9,21H,1-3H3,(H,17,18,20). The van der Waals surface area contributed by atoms with Crippen molar-refractivity contribution in [2.24, 2.45) is 0 Å². The van der Waals surface area contributed by atoms with Crippen LogP contribution in [0.3, 0.4) is 0 Å². The van der Waals surface area contributed by atoms with Crippen molar-refractivity contribution in [3.8, 4) is 17.0 Å². The van der Waals surface area contributed by atoms with Gasteiger partial charge in [-0.05, 0) is 44.2 Å². The second-order valence-electron chi connectivity index (χ2n) is 4.94. The average molecular weight is 283 g/mol. The molecule has 5 nitrogen and oxygen atoms in total. The van der Waals surface area contributed by atoms with Gasteiger partial charge in [0.2, 0.25) is 5.91 Å². The van der Waals surface area contributed by atoms with E-state index in [0.29, 0.717) is 17.2 Å². The highest BCUT2D eigenvalue weighted by Crippen LogP contribution is 2.23. The minimum atomic E-state index is -0.190. The maximum Gasteiger partial charge on any atom is 0.222 e. The van der Waals surface area contributed by atoms with E-state index in [1.165, 1.54) is 6.92 Å². The first-order valence-electron chi connectivity index (χ1n) is 6.54. The molecule has 21 heavy (non-hydrogen) atoms. The van der Waals surface area contributed by atoms with E-state index in [-0.39, 0.29) is 11.7 Å². The highest BCUT2D eigenvalue weighted by Gasteiger charge is 2.08. The number of phenols is 1. The zero-order valence-electron chi connectivity index (χ0n) is 12.2. The number of nitrogens with zero attached hydrogens (tertiary/aromatic N) is 2. The first-order chi connectivity index (χ1) is 9.95. The summed E-state index contributed by atoms with van der Waals surface area (Å²) in [4.78, 5) is 20.0. The van der Waals surface area contributed by atoms with Gasteiger partial charge in [0.1, 0.15) is 11.4 Å². The molecule has 2 rings (SSSR count). The Kier molecular flexibility index (Phi) is 4.33. The van der Waals surface area contributed by atoms with Crippen LogP contribution in [-0.4, -0.2) is 21.0 Å². The molecular weight excluding hydrogens is 266 g/mol. The highest BCUT2D eigenvalue weighted by molar-refractivity contribution is 5.89. The zero-order chi connectivity index (χ0) is 15.4. The summed E-state index contributed by atoms with van der Waals surface area (Å²) in [5.74, 6) is 0.447. The van der Waals surface area contributed by atoms with Crippen molar-refractivity contribution in [2.45, 2.75) is 20.8 Å². The third-order valence-corrected chi connectivity index (χ3v) is 2.68. The Balaban J connectivity index is 2.48. The quantitative estimate of drug-likeness (QED) is 0.906. The van der Waals surface area contributed by atoms with E-state index in [1.54, 1.807) is 30.5 Å². The Morgan fingerprint density at radius 2 is 1.86 bits per heavy atom. The summed E-state index contributed by atoms with van der Waals surface area (Å²) in [6.07, 6.45) is 3.46. The lowest BCUT2D eigenvalue weighted by molar-refractivity contribution is -0.114. The molecular formula is C16H17N3O2. The topological polar surface area (TPSA) is 75.1 Å². The molecule has 0 bridgehead atoms. The van der Waals surface area contributed by atoms with Gasteiger partial charge in [-0.1, -0.05) is 5.57 Å². The summed E-state index contributed by atoms with van der Waals surface area (Å²) < 4.78 is 0. The molecule has 0 fully saturated rings. The van der Waals surface area contributed by atoms with E-state index < -0.39 is 0 Å². The van der Waals surface area contributed by atoms with Gasteiger partial charge in [-0.15, -0.1) is 0 Å². The fraction of sp³-hybridized carbons (Fsp3) is 0.188. The molecule has 1 amide bonds. The van der Waals surface area contributed by atoms with Gasteiger partial charge in [0.25, 0.3) is 0 Å². The van der Waals surface area contributed by atoms with Gasteiger partial charge in [-0.2, -0.15) is 0 Å². The van der Waals surface area contributed by atoms with Gasteiger partial charge >= 0.3 is 0 Å². The summed E-state index contributed by atoms with van der Waals surface area (Å²) in [5, 5.41) is 12.0. The Labute approximate surface area is 123 Å². The number of benzene rings is 1. The van der Waals surface area contributed by atoms with Gasteiger partial charge in [-0.3, -0.25) is 4.79 Å². The maximum absolute atomic E-state index is 11.2. The molecule has 1 aromatic heterocycles. The first kappa shape index (κ1) is 14.7. The predicted octanol–water partition coefficient (Wildman–Crippen LogP) is 3.23. The van der Waals surface area contributed by atoms with Crippen molar-refractivity contribution >= 4 is 17.8 Å². The number of aromatic nitrogens is 2. The molecule has 1 aromatic carbocycles. The van der Waals surface area contributed by atoms with Crippen LogP contribution < -0.4 is 5.32 Å². The molecule has 2 N–H and O–H groups in total. The molecule has 2 aromatic rings. The molecule has 0 radical (unpaired) electrons. The number of anilines is 1. The lowest BCUT2D eigenvalue weighted by atomic mass is 10.1. The molecule has 0 saturated heterocycles. The van der Waals surface area contributed by atoms with E-state index >= 15 is 0 Å². The van der Waals surface area contributed by atoms with Crippen LogP contribution in [0.2, 0.25) is 0 Å². The molecule has 0 atom stereocenters. The Morgan fingerprint density at radius 3 is 2.43 bits per heavy atom. The zero-order valence-corrected chi connectivity index (χ0v) is 12.2. The summed E-state index contributed by atoms with van der Waals surface area (Å²) in [6.45, 7) is 5.33. The highest BCUT2D eigenvalue weighted by atomic mass is 16.3. The molecule has 0 aliphatic carbocycles. The molecule has 0 aliphatic rings. The van der Waals surface area contributed by atoms with Crippen molar-refractivity contribution in [2.75, 3.05) is 5.32 Å². The normalized spacial score (nSPS) is 10.0. The summed E-state index contributed by atoms with van der Waals surface area (Å²) in [5.41, 5.74) is 3.18. The van der Waals surface area contributed by atoms with E-state index in [4.69, 9.17) is 0 Å². The Hall–Kier alpha value is -2.69. The third-order valence-electron chi connectivity index (χ3n) is 2.68. The van der Waals surface area contributed by atoms with Crippen molar-refractivity contribution < 1.29 is 9.90 Å². The SMILES string of the molecule is CC(=O)Nc1ncc(-c2ccc(O)cc2)nc1C=C(C)C. The second kappa shape index (κ2) is 6.17. The monoisotopic (exact) mass is 283 g/mol. The number of hydrogen-bond acceptors (Lipinski definition) is 4. The number of rotatable bonds is 3. The molecule has 1 heterocycles. The Bertz CT molecular complexity index is 687. The Morgan fingerprint density at radius 1 is 1.19 bits per heavy atom. The molecule has 0 unspecified atom stereocenters. The number of amides is 1. The number of carbonyl (C=O) groups excluding carboxylic acids is 1.